The molecule has 144 valence electrons. The molecule has 0 unspecified atom stereocenters. The van der Waals surface area contributed by atoms with Crippen LogP contribution in [0.25, 0.3) is 5.82 Å². The summed E-state index contributed by atoms with van der Waals surface area (Å²) in [6, 6.07) is 1.26. The van der Waals surface area contributed by atoms with Crippen LogP contribution in [0.5, 0.6) is 0 Å². The summed E-state index contributed by atoms with van der Waals surface area (Å²) in [5, 5.41) is 19.0. The molecule has 0 radical (unpaired) electrons. The van der Waals surface area contributed by atoms with Crippen molar-refractivity contribution in [3.63, 3.8) is 0 Å². The van der Waals surface area contributed by atoms with Crippen molar-refractivity contribution in [1.29, 1.82) is 0 Å². The summed E-state index contributed by atoms with van der Waals surface area (Å²) in [7, 11) is 0. The predicted octanol–water partition coefficient (Wildman–Crippen LogP) is 0.784. The third kappa shape index (κ3) is 4.42. The van der Waals surface area contributed by atoms with Crippen LogP contribution in [0.1, 0.15) is 48.9 Å². The lowest BCUT2D eigenvalue weighted by molar-refractivity contribution is 0.0246. The molecule has 1 saturated carbocycles. The molecule has 0 aromatic carbocycles. The first kappa shape index (κ1) is 19.2. The van der Waals surface area contributed by atoms with E-state index < -0.39 is 22.8 Å². The zero-order valence-corrected chi connectivity index (χ0v) is 15.3. The number of amides is 1. The van der Waals surface area contributed by atoms with Crippen molar-refractivity contribution in [2.24, 2.45) is 0 Å². The highest BCUT2D eigenvalue weighted by atomic mass is 35.5. The second-order valence-electron chi connectivity index (χ2n) is 6.69. The van der Waals surface area contributed by atoms with Crippen LogP contribution in [-0.4, -0.2) is 42.9 Å². The molecule has 0 spiro atoms. The summed E-state index contributed by atoms with van der Waals surface area (Å²) in [5.74, 6) is -0.564. The van der Waals surface area contributed by atoms with Gasteiger partial charge in [0.15, 0.2) is 0 Å². The van der Waals surface area contributed by atoms with Crippen molar-refractivity contribution in [3.05, 3.63) is 49.9 Å². The van der Waals surface area contributed by atoms with E-state index in [0.29, 0.717) is 12.8 Å². The number of rotatable bonds is 4. The molecule has 27 heavy (non-hydrogen) atoms. The van der Waals surface area contributed by atoms with Crippen LogP contribution in [0.15, 0.2) is 28.0 Å². The molecule has 1 aliphatic carbocycles. The topological polar surface area (TPSA) is 130 Å². The molecule has 0 atom stereocenters. The van der Waals surface area contributed by atoms with Crippen molar-refractivity contribution >= 4 is 17.5 Å². The van der Waals surface area contributed by atoms with E-state index in [9.17, 15) is 19.5 Å². The van der Waals surface area contributed by atoms with Crippen LogP contribution >= 0.6 is 11.6 Å². The first-order valence-corrected chi connectivity index (χ1v) is 9.11. The number of H-pyrrole nitrogens is 1. The van der Waals surface area contributed by atoms with Gasteiger partial charge < -0.3 is 10.4 Å². The molecule has 2 heterocycles. The molecule has 2 aromatic heterocycles. The lowest BCUT2D eigenvalue weighted by atomic mass is 9.94. The van der Waals surface area contributed by atoms with Gasteiger partial charge in [-0.15, -0.1) is 0 Å². The maximum atomic E-state index is 12.6. The second-order valence-corrected chi connectivity index (χ2v) is 7.10. The Hall–Kier alpha value is -2.52. The number of hydrogen-bond acceptors (Lipinski definition) is 6. The average Bonchev–Trinajstić information content (AvgIpc) is 2.86. The van der Waals surface area contributed by atoms with E-state index in [1.54, 1.807) is 0 Å². The van der Waals surface area contributed by atoms with Crippen molar-refractivity contribution in [3.8, 4) is 5.82 Å². The Morgan fingerprint density at radius 2 is 1.96 bits per heavy atom. The normalized spacial score (nSPS) is 16.5. The number of pyridine rings is 1. The Bertz CT molecular complexity index is 919. The Balaban J connectivity index is 1.83. The largest absolute Gasteiger partial charge is 0.388 e. The van der Waals surface area contributed by atoms with Crippen LogP contribution in [0.3, 0.4) is 0 Å². The molecule has 0 aliphatic heterocycles. The van der Waals surface area contributed by atoms with Gasteiger partial charge in [-0.3, -0.25) is 9.59 Å². The van der Waals surface area contributed by atoms with E-state index in [0.717, 1.165) is 36.4 Å². The van der Waals surface area contributed by atoms with E-state index in [1.807, 2.05) is 0 Å². The molecule has 10 heteroatoms. The fourth-order valence-electron chi connectivity index (χ4n) is 3.19. The van der Waals surface area contributed by atoms with Gasteiger partial charge in [-0.2, -0.15) is 5.10 Å². The van der Waals surface area contributed by atoms with E-state index in [2.05, 4.69) is 20.5 Å². The first-order chi connectivity index (χ1) is 12.9. The number of hydrogen-bond donors (Lipinski definition) is 3. The molecule has 0 bridgehead atoms. The van der Waals surface area contributed by atoms with Gasteiger partial charge in [-0.05, 0) is 18.9 Å². The fourth-order valence-corrected chi connectivity index (χ4v) is 3.38. The highest BCUT2D eigenvalue weighted by Crippen LogP contribution is 2.26. The molecule has 1 aliphatic rings. The third-order valence-electron chi connectivity index (χ3n) is 4.69. The van der Waals surface area contributed by atoms with Crippen LogP contribution < -0.4 is 16.6 Å². The minimum Gasteiger partial charge on any atom is -0.388 e. The molecule has 1 fully saturated rings. The number of aromatic amines is 1. The molecular weight excluding hydrogens is 374 g/mol. The van der Waals surface area contributed by atoms with Gasteiger partial charge in [0.25, 0.3) is 11.5 Å². The lowest BCUT2D eigenvalue weighted by Crippen LogP contribution is -2.42. The molecule has 3 rings (SSSR count). The standard InChI is InChI=1S/C17H20ClN5O4/c18-12-8-19-13(23-14(24)9-21-22-16(23)26)7-11(12)15(25)20-10-17(27)5-3-1-2-4-6-17/h7-9,27H,1-6,10H2,(H,20,25)(H,22,26). The number of nitrogens with one attached hydrogen (secondary N) is 2. The number of halogens is 1. The minimum atomic E-state index is -0.937. The summed E-state index contributed by atoms with van der Waals surface area (Å²) < 4.78 is 0.749. The molecule has 3 N–H and O–H groups in total. The first-order valence-electron chi connectivity index (χ1n) is 8.73. The Morgan fingerprint density at radius 3 is 2.63 bits per heavy atom. The Kier molecular flexibility index (Phi) is 5.71. The Morgan fingerprint density at radius 1 is 1.26 bits per heavy atom. The quantitative estimate of drug-likeness (QED) is 0.658. The SMILES string of the molecule is O=C(NCC1(O)CCCCCC1)c1cc(-n2c(=O)cn[nH]c2=O)ncc1Cl. The fraction of sp³-hybridized carbons (Fsp3) is 0.471. The number of carbonyl (C=O) groups excluding carboxylic acids is 1. The van der Waals surface area contributed by atoms with Gasteiger partial charge in [-0.1, -0.05) is 37.3 Å². The highest BCUT2D eigenvalue weighted by molar-refractivity contribution is 6.33. The second kappa shape index (κ2) is 8.01. The highest BCUT2D eigenvalue weighted by Gasteiger charge is 2.29. The van der Waals surface area contributed by atoms with Gasteiger partial charge >= 0.3 is 5.69 Å². The monoisotopic (exact) mass is 393 g/mol. The van der Waals surface area contributed by atoms with Crippen LogP contribution in [0.4, 0.5) is 0 Å². The molecule has 2 aromatic rings. The number of aliphatic hydroxyl groups is 1. The molecule has 9 nitrogen and oxygen atoms in total. The lowest BCUT2D eigenvalue weighted by Gasteiger charge is -2.26. The van der Waals surface area contributed by atoms with Gasteiger partial charge in [0.1, 0.15) is 12.0 Å². The van der Waals surface area contributed by atoms with Crippen LogP contribution in [-0.2, 0) is 0 Å². The number of nitrogens with zero attached hydrogens (tertiary/aromatic N) is 3. The van der Waals surface area contributed by atoms with Gasteiger partial charge in [0.2, 0.25) is 0 Å². The number of aromatic nitrogens is 4. The van der Waals surface area contributed by atoms with E-state index >= 15 is 0 Å². The summed E-state index contributed by atoms with van der Waals surface area (Å²) >= 11 is 6.07. The summed E-state index contributed by atoms with van der Waals surface area (Å²) in [6.45, 7) is 0.107. The summed E-state index contributed by atoms with van der Waals surface area (Å²) in [5.41, 5.74) is -2.35. The smallest absolute Gasteiger partial charge is 0.350 e. The summed E-state index contributed by atoms with van der Waals surface area (Å²) in [6.07, 6.45) is 7.36. The van der Waals surface area contributed by atoms with Crippen molar-refractivity contribution < 1.29 is 9.90 Å². The zero-order valence-electron chi connectivity index (χ0n) is 14.6. The van der Waals surface area contributed by atoms with Gasteiger partial charge in [0, 0.05) is 12.7 Å². The predicted molar refractivity (Wildman–Crippen MR) is 98.2 cm³/mol. The van der Waals surface area contributed by atoms with E-state index in [1.165, 1.54) is 12.3 Å². The molecule has 0 saturated heterocycles. The number of carbonyl (C=O) groups is 1. The van der Waals surface area contributed by atoms with Crippen molar-refractivity contribution in [1.82, 2.24) is 25.1 Å². The van der Waals surface area contributed by atoms with Crippen LogP contribution in [0, 0.1) is 0 Å². The van der Waals surface area contributed by atoms with E-state index in [-0.39, 0.29) is 22.9 Å². The van der Waals surface area contributed by atoms with Crippen molar-refractivity contribution in [2.45, 2.75) is 44.1 Å². The average molecular weight is 394 g/mol. The van der Waals surface area contributed by atoms with Gasteiger partial charge in [-0.25, -0.2) is 19.4 Å². The molecular formula is C17H20ClN5O4. The minimum absolute atomic E-state index is 0.0496. The van der Waals surface area contributed by atoms with Crippen molar-refractivity contribution in [2.75, 3.05) is 6.54 Å². The summed E-state index contributed by atoms with van der Waals surface area (Å²) in [4.78, 5) is 40.3. The maximum absolute atomic E-state index is 12.6. The molecule has 1 amide bonds. The zero-order chi connectivity index (χ0) is 19.4. The van der Waals surface area contributed by atoms with Gasteiger partial charge in [0.05, 0.1) is 16.2 Å². The van der Waals surface area contributed by atoms with Crippen LogP contribution in [0.2, 0.25) is 5.02 Å². The Labute approximate surface area is 159 Å². The maximum Gasteiger partial charge on any atom is 0.350 e. The third-order valence-corrected chi connectivity index (χ3v) is 4.99. The van der Waals surface area contributed by atoms with E-state index in [4.69, 9.17) is 11.6 Å².